The lowest BCUT2D eigenvalue weighted by Gasteiger charge is -2.22. The molecule has 4 heteroatoms. The maximum atomic E-state index is 11.4. The van der Waals surface area contributed by atoms with E-state index in [0.29, 0.717) is 44.9 Å². The zero-order chi connectivity index (χ0) is 42.9. The van der Waals surface area contributed by atoms with Gasteiger partial charge in [0.1, 0.15) is 11.6 Å². The minimum Gasteiger partial charge on any atom is -0.507 e. The van der Waals surface area contributed by atoms with E-state index >= 15 is 0 Å². The van der Waals surface area contributed by atoms with E-state index in [-0.39, 0.29) is 22.4 Å². The number of rotatable bonds is 5. The fraction of sp³-hybridized carbons (Fsp3) is 0.163. The van der Waals surface area contributed by atoms with Crippen molar-refractivity contribution in [1.29, 1.82) is 0 Å². The first-order chi connectivity index (χ1) is 27.5. The SMILES string of the molecule is [2H]C([2H])([2H])c1ccc(-n2c(-c3cc(C)cc(C)c3O)nc3c(-c4cc(-c5cc(-c6ccccc6)ccn5)cc(C(C([2H])([2H])[2H])(C([2H])([2H])[2H])C([2H])([2H])[2H])c4)cccc32)cc1. The molecule has 0 bridgehead atoms. The number of nitrogens with zero attached hydrogens (tertiary/aromatic N) is 3. The Morgan fingerprint density at radius 1 is 0.681 bits per heavy atom. The van der Waals surface area contributed by atoms with Gasteiger partial charge >= 0.3 is 0 Å². The van der Waals surface area contributed by atoms with Gasteiger partial charge in [0.25, 0.3) is 0 Å². The number of para-hydroxylation sites is 1. The van der Waals surface area contributed by atoms with Gasteiger partial charge in [0.15, 0.2) is 0 Å². The first-order valence-electron chi connectivity index (χ1n) is 21.1. The number of aromatic hydroxyl groups is 1. The second-order valence-corrected chi connectivity index (χ2v) is 11.8. The van der Waals surface area contributed by atoms with Crippen LogP contribution >= 0.6 is 0 Å². The quantitative estimate of drug-likeness (QED) is 0.207. The molecule has 7 rings (SSSR count). The van der Waals surface area contributed by atoms with Crippen LogP contribution < -0.4 is 0 Å². The van der Waals surface area contributed by atoms with E-state index in [1.807, 2.05) is 43.3 Å². The van der Waals surface area contributed by atoms with Crippen molar-refractivity contribution in [2.24, 2.45) is 0 Å². The Kier molecular flexibility index (Phi) is 4.79. The maximum Gasteiger partial charge on any atom is 0.149 e. The summed E-state index contributed by atoms with van der Waals surface area (Å²) >= 11 is 0. The van der Waals surface area contributed by atoms with Crippen LogP contribution in [-0.4, -0.2) is 19.6 Å². The molecule has 0 fully saturated rings. The molecule has 0 saturated carbocycles. The number of hydrogen-bond acceptors (Lipinski definition) is 3. The van der Waals surface area contributed by atoms with Gasteiger partial charge in [-0.05, 0) is 108 Å². The molecule has 0 aliphatic rings. The molecule has 47 heavy (non-hydrogen) atoms. The summed E-state index contributed by atoms with van der Waals surface area (Å²) < 4.78 is 103. The highest BCUT2D eigenvalue weighted by Gasteiger charge is 2.23. The number of phenols is 1. The molecule has 4 nitrogen and oxygen atoms in total. The van der Waals surface area contributed by atoms with Crippen molar-refractivity contribution in [3.05, 3.63) is 144 Å². The predicted octanol–water partition coefficient (Wildman–Crippen LogP) is 11.0. The van der Waals surface area contributed by atoms with Crippen molar-refractivity contribution in [1.82, 2.24) is 14.5 Å². The Labute approximate surface area is 293 Å². The van der Waals surface area contributed by atoms with E-state index in [4.69, 9.17) is 21.4 Å². The number of imidazole rings is 1. The summed E-state index contributed by atoms with van der Waals surface area (Å²) in [6, 6.07) is 32.3. The third kappa shape index (κ3) is 5.72. The minimum absolute atomic E-state index is 0.0284. The zero-order valence-electron chi connectivity index (χ0n) is 37.8. The van der Waals surface area contributed by atoms with Crippen molar-refractivity contribution >= 4 is 11.0 Å². The van der Waals surface area contributed by atoms with Crippen LogP contribution in [0.15, 0.2) is 121 Å². The molecule has 5 aromatic carbocycles. The Hall–Kier alpha value is -5.48. The van der Waals surface area contributed by atoms with Crippen LogP contribution in [0.2, 0.25) is 0 Å². The van der Waals surface area contributed by atoms with Crippen molar-refractivity contribution in [3.63, 3.8) is 0 Å². The average molecular weight is 626 g/mol. The molecule has 0 unspecified atom stereocenters. The number of phenolic OH excluding ortho intramolecular Hbond substituents is 1. The molecular weight excluding hydrogens is 574 g/mol. The number of fused-ring (bicyclic) bond motifs is 1. The summed E-state index contributed by atoms with van der Waals surface area (Å²) in [6.07, 6.45) is 1.57. The van der Waals surface area contributed by atoms with Crippen LogP contribution in [0, 0.1) is 20.7 Å². The molecule has 1 N–H and O–H groups in total. The topological polar surface area (TPSA) is 50.9 Å². The number of aromatic nitrogens is 3. The fourth-order valence-electron chi connectivity index (χ4n) is 6.06. The number of pyridine rings is 1. The van der Waals surface area contributed by atoms with Gasteiger partial charge < -0.3 is 5.11 Å². The fourth-order valence-corrected chi connectivity index (χ4v) is 6.06. The van der Waals surface area contributed by atoms with E-state index < -0.39 is 38.4 Å². The monoisotopic (exact) mass is 625 g/mol. The van der Waals surface area contributed by atoms with E-state index in [1.54, 1.807) is 72.3 Å². The van der Waals surface area contributed by atoms with Crippen molar-refractivity contribution in [2.45, 2.75) is 46.7 Å². The number of benzene rings is 5. The molecule has 0 atom stereocenters. The lowest BCUT2D eigenvalue weighted by atomic mass is 9.83. The zero-order valence-corrected chi connectivity index (χ0v) is 25.8. The molecular formula is C43H39N3O. The molecule has 0 amide bonds. The third-order valence-electron chi connectivity index (χ3n) is 8.34. The Morgan fingerprint density at radius 3 is 2.23 bits per heavy atom. The molecule has 7 aromatic rings. The van der Waals surface area contributed by atoms with E-state index in [1.165, 1.54) is 24.3 Å². The van der Waals surface area contributed by atoms with Gasteiger partial charge in [-0.1, -0.05) is 92.8 Å². The predicted molar refractivity (Wildman–Crippen MR) is 195 cm³/mol. The van der Waals surface area contributed by atoms with Crippen LogP contribution in [0.4, 0.5) is 0 Å². The normalized spacial score (nSPS) is 16.6. The van der Waals surface area contributed by atoms with Crippen LogP contribution in [0.25, 0.3) is 61.6 Å². The molecule has 0 radical (unpaired) electrons. The van der Waals surface area contributed by atoms with Crippen LogP contribution in [0.1, 0.15) is 59.3 Å². The first-order valence-corrected chi connectivity index (χ1v) is 15.1. The van der Waals surface area contributed by atoms with Crippen LogP contribution in [-0.2, 0) is 5.41 Å². The summed E-state index contributed by atoms with van der Waals surface area (Å²) in [5.74, 6) is 0.271. The lowest BCUT2D eigenvalue weighted by molar-refractivity contribution is 0.472. The van der Waals surface area contributed by atoms with Gasteiger partial charge in [-0.15, -0.1) is 0 Å². The van der Waals surface area contributed by atoms with E-state index in [0.717, 1.165) is 16.7 Å². The molecule has 0 spiro atoms. The largest absolute Gasteiger partial charge is 0.507 e. The molecule has 0 aliphatic heterocycles. The lowest BCUT2D eigenvalue weighted by Crippen LogP contribution is -2.11. The maximum absolute atomic E-state index is 11.4. The number of hydrogen-bond donors (Lipinski definition) is 1. The van der Waals surface area contributed by atoms with Crippen LogP contribution in [0.3, 0.4) is 0 Å². The van der Waals surface area contributed by atoms with Crippen molar-refractivity contribution < 1.29 is 21.6 Å². The van der Waals surface area contributed by atoms with Gasteiger partial charge in [0, 0.05) is 39.5 Å². The van der Waals surface area contributed by atoms with Gasteiger partial charge in [0.05, 0.1) is 22.3 Å². The summed E-state index contributed by atoms with van der Waals surface area (Å²) in [7, 11) is 0. The molecule has 0 aliphatic carbocycles. The Bertz CT molecular complexity index is 2660. The van der Waals surface area contributed by atoms with Gasteiger partial charge in [-0.3, -0.25) is 9.55 Å². The highest BCUT2D eigenvalue weighted by atomic mass is 16.3. The van der Waals surface area contributed by atoms with Crippen LogP contribution in [0.5, 0.6) is 5.75 Å². The molecule has 2 aromatic heterocycles. The highest BCUT2D eigenvalue weighted by Crippen LogP contribution is 2.41. The molecule has 232 valence electrons. The molecule has 0 saturated heterocycles. The van der Waals surface area contributed by atoms with E-state index in [2.05, 4.69) is 4.98 Å². The summed E-state index contributed by atoms with van der Waals surface area (Å²) in [5.41, 5.74) is 2.39. The van der Waals surface area contributed by atoms with Gasteiger partial charge in [-0.2, -0.15) is 0 Å². The highest BCUT2D eigenvalue weighted by molar-refractivity contribution is 5.97. The Morgan fingerprint density at radius 2 is 1.47 bits per heavy atom. The van der Waals surface area contributed by atoms with Crippen molar-refractivity contribution in [3.8, 4) is 56.3 Å². The summed E-state index contributed by atoms with van der Waals surface area (Å²) in [4.78, 5) is 9.67. The second-order valence-electron chi connectivity index (χ2n) is 11.8. The van der Waals surface area contributed by atoms with Gasteiger partial charge in [-0.25, -0.2) is 4.98 Å². The number of aryl methyl sites for hydroxylation is 3. The second kappa shape index (κ2) is 11.7. The van der Waals surface area contributed by atoms with Crippen molar-refractivity contribution in [2.75, 3.05) is 0 Å². The first kappa shape index (κ1) is 19.2. The van der Waals surface area contributed by atoms with E-state index in [9.17, 15) is 5.11 Å². The third-order valence-corrected chi connectivity index (χ3v) is 8.34. The summed E-state index contributed by atoms with van der Waals surface area (Å²) in [5, 5.41) is 11.4. The minimum atomic E-state index is -3.54. The average Bonchev–Trinajstić information content (AvgIpc) is 3.54. The standard InChI is InChI=1S/C43H39N3O/c1-27-15-17-35(18-16-27)46-39-14-10-13-36(40(39)45-42(46)37-22-28(2)21-29(3)41(37)47)32-23-33(25-34(24-32)43(4,5)6)38-26-31(19-20-44-38)30-11-8-7-9-12-30/h7-26,47H,1-6H3/i1D3,4D3,5D3,6D3. The molecule has 2 heterocycles. The summed E-state index contributed by atoms with van der Waals surface area (Å²) in [6.45, 7) is -9.34. The Balaban J connectivity index is 1.58. The smallest absolute Gasteiger partial charge is 0.149 e. The van der Waals surface area contributed by atoms with Gasteiger partial charge in [0.2, 0.25) is 0 Å².